The smallest absolute Gasteiger partial charge is 0.321 e. The van der Waals surface area contributed by atoms with Crippen molar-refractivity contribution in [2.45, 2.75) is 13.8 Å². The molecule has 2 amide bonds. The van der Waals surface area contributed by atoms with Crippen LogP contribution in [0.3, 0.4) is 0 Å². The summed E-state index contributed by atoms with van der Waals surface area (Å²) in [6.45, 7) is 6.82. The number of aryl methyl sites for hydroxylation is 1. The number of benzene rings is 3. The normalized spacial score (nSPS) is 13.9. The van der Waals surface area contributed by atoms with Crippen LogP contribution in [0.2, 0.25) is 0 Å². The molecule has 166 valence electrons. The van der Waals surface area contributed by atoms with Crippen molar-refractivity contribution in [2.24, 2.45) is 0 Å². The highest BCUT2D eigenvalue weighted by Gasteiger charge is 2.22. The van der Waals surface area contributed by atoms with E-state index in [9.17, 15) is 4.79 Å². The summed E-state index contributed by atoms with van der Waals surface area (Å²) in [4.78, 5) is 16.8. The minimum Gasteiger partial charge on any atom is -0.352 e. The van der Waals surface area contributed by atoms with Crippen LogP contribution >= 0.6 is 0 Å². The van der Waals surface area contributed by atoms with Gasteiger partial charge in [-0.15, -0.1) is 10.2 Å². The molecule has 1 N–H and O–H groups in total. The Kier molecular flexibility index (Phi) is 5.65. The topological polar surface area (TPSA) is 61.4 Å². The van der Waals surface area contributed by atoms with Gasteiger partial charge in [0, 0.05) is 37.4 Å². The molecule has 1 fully saturated rings. The van der Waals surface area contributed by atoms with Crippen LogP contribution in [0.25, 0.3) is 22.0 Å². The molecule has 5 rings (SSSR count). The number of anilines is 2. The standard InChI is InChI=1S/C27H27N5O/c1-19-7-5-12-24(20(19)2)28-27(33)32-17-15-31(16-18-32)26-14-13-25(29-30-26)23-11-6-9-21-8-3-4-10-22(21)23/h3-14H,15-18H2,1-2H3,(H,28,33). The van der Waals surface area contributed by atoms with Crippen LogP contribution in [0.1, 0.15) is 11.1 Å². The minimum atomic E-state index is -0.0549. The fraction of sp³-hybridized carbons (Fsp3) is 0.222. The van der Waals surface area contributed by atoms with E-state index in [2.05, 4.69) is 63.7 Å². The van der Waals surface area contributed by atoms with Gasteiger partial charge in [0.1, 0.15) is 0 Å². The van der Waals surface area contributed by atoms with Crippen molar-refractivity contribution < 1.29 is 4.79 Å². The summed E-state index contributed by atoms with van der Waals surface area (Å²) in [6, 6.07) is 24.5. The Bertz CT molecular complexity index is 1290. The summed E-state index contributed by atoms with van der Waals surface area (Å²) in [7, 11) is 0. The van der Waals surface area contributed by atoms with E-state index < -0.39 is 0 Å². The van der Waals surface area contributed by atoms with Crippen molar-refractivity contribution in [3.05, 3.63) is 83.9 Å². The molecule has 4 aromatic rings. The van der Waals surface area contributed by atoms with Crippen molar-refractivity contribution in [2.75, 3.05) is 36.4 Å². The number of nitrogens with zero attached hydrogens (tertiary/aromatic N) is 4. The molecule has 1 aliphatic rings. The molecule has 1 saturated heterocycles. The average molecular weight is 438 g/mol. The van der Waals surface area contributed by atoms with E-state index in [1.54, 1.807) is 0 Å². The van der Waals surface area contributed by atoms with Crippen LogP contribution in [0.5, 0.6) is 0 Å². The SMILES string of the molecule is Cc1cccc(NC(=O)N2CCN(c3ccc(-c4cccc5ccccc45)nn3)CC2)c1C. The molecule has 2 heterocycles. The average Bonchev–Trinajstić information content (AvgIpc) is 2.87. The highest BCUT2D eigenvalue weighted by Crippen LogP contribution is 2.27. The van der Waals surface area contributed by atoms with E-state index >= 15 is 0 Å². The molecule has 0 atom stereocenters. The number of aromatic nitrogens is 2. The predicted molar refractivity (Wildman–Crippen MR) is 134 cm³/mol. The molecule has 33 heavy (non-hydrogen) atoms. The second kappa shape index (κ2) is 8.90. The maximum atomic E-state index is 12.8. The molecule has 0 radical (unpaired) electrons. The third kappa shape index (κ3) is 4.24. The fourth-order valence-electron chi connectivity index (χ4n) is 4.31. The van der Waals surface area contributed by atoms with E-state index in [1.165, 1.54) is 16.3 Å². The van der Waals surface area contributed by atoms with Gasteiger partial charge >= 0.3 is 6.03 Å². The second-order valence-corrected chi connectivity index (χ2v) is 8.46. The first-order valence-electron chi connectivity index (χ1n) is 11.3. The second-order valence-electron chi connectivity index (χ2n) is 8.46. The van der Waals surface area contributed by atoms with Gasteiger partial charge in [0.05, 0.1) is 5.69 Å². The Morgan fingerprint density at radius 3 is 2.36 bits per heavy atom. The largest absolute Gasteiger partial charge is 0.352 e. The van der Waals surface area contributed by atoms with Gasteiger partial charge in [-0.3, -0.25) is 0 Å². The number of nitrogens with one attached hydrogen (secondary N) is 1. The zero-order chi connectivity index (χ0) is 22.8. The number of hydrogen-bond donors (Lipinski definition) is 1. The first kappa shape index (κ1) is 20.9. The van der Waals surface area contributed by atoms with Crippen molar-refractivity contribution in [1.82, 2.24) is 15.1 Å². The Morgan fingerprint density at radius 1 is 0.818 bits per heavy atom. The third-order valence-corrected chi connectivity index (χ3v) is 6.45. The maximum Gasteiger partial charge on any atom is 0.321 e. The number of amides is 2. The lowest BCUT2D eigenvalue weighted by Crippen LogP contribution is -2.50. The number of hydrogen-bond acceptors (Lipinski definition) is 4. The van der Waals surface area contributed by atoms with Gasteiger partial charge in [0.25, 0.3) is 0 Å². The summed E-state index contributed by atoms with van der Waals surface area (Å²) in [5, 5.41) is 14.4. The van der Waals surface area contributed by atoms with E-state index in [0.717, 1.165) is 41.4 Å². The third-order valence-electron chi connectivity index (χ3n) is 6.45. The highest BCUT2D eigenvalue weighted by molar-refractivity contribution is 5.95. The Labute approximate surface area is 193 Å². The molecule has 6 nitrogen and oxygen atoms in total. The lowest BCUT2D eigenvalue weighted by atomic mass is 10.0. The highest BCUT2D eigenvalue weighted by atomic mass is 16.2. The molecule has 0 unspecified atom stereocenters. The van der Waals surface area contributed by atoms with Crippen molar-refractivity contribution in [3.63, 3.8) is 0 Å². The van der Waals surface area contributed by atoms with Gasteiger partial charge in [-0.2, -0.15) is 0 Å². The van der Waals surface area contributed by atoms with Gasteiger partial charge in [-0.25, -0.2) is 4.79 Å². The minimum absolute atomic E-state index is 0.0549. The molecule has 6 heteroatoms. The monoisotopic (exact) mass is 437 g/mol. The molecule has 1 aromatic heterocycles. The zero-order valence-corrected chi connectivity index (χ0v) is 19.0. The van der Waals surface area contributed by atoms with Crippen LogP contribution in [0, 0.1) is 13.8 Å². The Balaban J connectivity index is 1.24. The number of carbonyl (C=O) groups is 1. The molecular formula is C27H27N5O. The summed E-state index contributed by atoms with van der Waals surface area (Å²) in [5.41, 5.74) is 5.09. The predicted octanol–water partition coefficient (Wildman–Crippen LogP) is 5.27. The summed E-state index contributed by atoms with van der Waals surface area (Å²) >= 11 is 0. The molecular weight excluding hydrogens is 410 g/mol. The van der Waals surface area contributed by atoms with Crippen LogP contribution < -0.4 is 10.2 Å². The van der Waals surface area contributed by atoms with Gasteiger partial charge in [-0.1, -0.05) is 54.6 Å². The van der Waals surface area contributed by atoms with Gasteiger partial charge in [0.15, 0.2) is 5.82 Å². The quantitative estimate of drug-likeness (QED) is 0.474. The van der Waals surface area contributed by atoms with Crippen LogP contribution in [0.4, 0.5) is 16.3 Å². The lowest BCUT2D eigenvalue weighted by Gasteiger charge is -2.35. The van der Waals surface area contributed by atoms with E-state index in [0.29, 0.717) is 13.1 Å². The van der Waals surface area contributed by atoms with E-state index in [1.807, 2.05) is 48.2 Å². The number of urea groups is 1. The number of rotatable bonds is 3. The fourth-order valence-corrected chi connectivity index (χ4v) is 4.31. The lowest BCUT2D eigenvalue weighted by molar-refractivity contribution is 0.208. The van der Waals surface area contributed by atoms with Gasteiger partial charge in [0.2, 0.25) is 0 Å². The first-order valence-corrected chi connectivity index (χ1v) is 11.3. The summed E-state index contributed by atoms with van der Waals surface area (Å²) < 4.78 is 0. The van der Waals surface area contributed by atoms with E-state index in [-0.39, 0.29) is 6.03 Å². The van der Waals surface area contributed by atoms with Crippen LogP contribution in [-0.2, 0) is 0 Å². The molecule has 0 spiro atoms. The first-order chi connectivity index (χ1) is 16.1. The van der Waals surface area contributed by atoms with Gasteiger partial charge < -0.3 is 15.1 Å². The molecule has 0 saturated carbocycles. The summed E-state index contributed by atoms with van der Waals surface area (Å²) in [5.74, 6) is 0.841. The molecule has 0 bridgehead atoms. The number of fused-ring (bicyclic) bond motifs is 1. The Morgan fingerprint density at radius 2 is 1.58 bits per heavy atom. The van der Waals surface area contributed by atoms with Crippen molar-refractivity contribution in [1.29, 1.82) is 0 Å². The van der Waals surface area contributed by atoms with Crippen LogP contribution in [0.15, 0.2) is 72.8 Å². The molecule has 1 aliphatic heterocycles. The maximum absolute atomic E-state index is 12.8. The van der Waals surface area contributed by atoms with Crippen molar-refractivity contribution in [3.8, 4) is 11.3 Å². The zero-order valence-electron chi connectivity index (χ0n) is 19.0. The van der Waals surface area contributed by atoms with E-state index in [4.69, 9.17) is 0 Å². The number of piperazine rings is 1. The number of carbonyl (C=O) groups excluding carboxylic acids is 1. The van der Waals surface area contributed by atoms with Gasteiger partial charge in [-0.05, 0) is 53.9 Å². The molecule has 0 aliphatic carbocycles. The molecule has 3 aromatic carbocycles. The Hall–Kier alpha value is -3.93. The van der Waals surface area contributed by atoms with Crippen molar-refractivity contribution >= 4 is 28.3 Å². The van der Waals surface area contributed by atoms with Crippen LogP contribution in [-0.4, -0.2) is 47.3 Å². The summed E-state index contributed by atoms with van der Waals surface area (Å²) in [6.07, 6.45) is 0.